The SMILES string of the molecule is COCCOCCC(=O)NC(CCC(=O)NCC1OC(O)C(O)[C@@H](O)[C@H]1O)C(=O)O.COCCOCCC(=O)NC(CCC(=O)NCC1OC(OP(=O)([O-])OP(=O)([O-])OC[C@H]2OC(n3ccc(=O)[nH]c3=O)[C@@H](O)[C@H]2O)C(O)[C@@H](O)[C@H]1O)C(=O)O.COCCOCCC(=O)NC(CCC(=O)O)C(=O)OC.NCC1OC(O)C(O)[C@@H](O)[C@H]1O.[Na+].[Na+].[Na+].[OH-]. The van der Waals surface area contributed by atoms with Crippen molar-refractivity contribution in [2.45, 2.75) is 193 Å². The third-order valence-corrected chi connectivity index (χ3v) is 18.9. The number of phosphoric ester groups is 2. The van der Waals surface area contributed by atoms with Crippen LogP contribution in [0.5, 0.6) is 0 Å². The first-order valence-corrected chi connectivity index (χ1v) is 37.9. The summed E-state index contributed by atoms with van der Waals surface area (Å²) in [7, 11) is -6.37. The molecule has 0 bridgehead atoms. The smallest absolute Gasteiger partial charge is 0.870 e. The Morgan fingerprint density at radius 1 is 0.492 bits per heavy atom. The minimum Gasteiger partial charge on any atom is -0.870 e. The van der Waals surface area contributed by atoms with E-state index in [2.05, 4.69) is 44.7 Å². The van der Waals surface area contributed by atoms with Crippen LogP contribution in [0, 0.1) is 0 Å². The number of ether oxygens (including phenoxy) is 11. The number of phosphoric acid groups is 2. The Bertz CT molecular complexity index is 3400. The zero-order chi connectivity index (χ0) is 87.7. The molecule has 4 aliphatic rings. The Balaban J connectivity index is -0.00000174. The monoisotopic (exact) mass is 1820 g/mol. The maximum atomic E-state index is 12.5. The maximum absolute atomic E-state index is 12.5. The molecular weight excluding hydrogens is 1710 g/mol. The zero-order valence-electron chi connectivity index (χ0n) is 66.3. The maximum Gasteiger partial charge on any atom is 1.00 e. The number of carbonyl (C=O) groups is 9. The van der Waals surface area contributed by atoms with Crippen molar-refractivity contribution >= 4 is 69.1 Å². The van der Waals surface area contributed by atoms with Crippen LogP contribution in [-0.4, -0.2) is 393 Å². The molecule has 4 fully saturated rings. The molecule has 5 rings (SSSR count). The van der Waals surface area contributed by atoms with E-state index in [1.165, 1.54) is 21.3 Å². The van der Waals surface area contributed by atoms with Crippen molar-refractivity contribution in [3.8, 4) is 0 Å². The van der Waals surface area contributed by atoms with E-state index in [-0.39, 0.29) is 185 Å². The quantitative estimate of drug-likeness (QED) is 0.0125. The van der Waals surface area contributed by atoms with Crippen molar-refractivity contribution in [1.82, 2.24) is 36.1 Å². The van der Waals surface area contributed by atoms with Gasteiger partial charge in [-0.25, -0.2) is 23.5 Å². The second-order valence-corrected chi connectivity index (χ2v) is 27.9. The molecule has 1 aromatic rings. The van der Waals surface area contributed by atoms with Crippen LogP contribution in [0.25, 0.3) is 0 Å². The van der Waals surface area contributed by atoms with Crippen LogP contribution < -0.4 is 142 Å². The van der Waals surface area contributed by atoms with E-state index in [9.17, 15) is 133 Å². The minimum atomic E-state index is -6.10. The number of hydrogen-bond acceptors (Lipinski definition) is 44. The number of esters is 1. The van der Waals surface area contributed by atoms with Gasteiger partial charge in [0.15, 0.2) is 25.1 Å². The summed E-state index contributed by atoms with van der Waals surface area (Å²) in [5.41, 5.74) is 3.33. The second-order valence-electron chi connectivity index (χ2n) is 25.0. The van der Waals surface area contributed by atoms with E-state index in [0.717, 1.165) is 12.3 Å². The van der Waals surface area contributed by atoms with Gasteiger partial charge in [-0.05, 0) is 19.3 Å². The topological polar surface area (TPSA) is 858 Å². The van der Waals surface area contributed by atoms with Gasteiger partial charge in [0.1, 0.15) is 110 Å². The van der Waals surface area contributed by atoms with Crippen LogP contribution >= 0.6 is 15.6 Å². The molecule has 1 aromatic heterocycles. The number of carbonyl (C=O) groups excluding carboxylic acids is 6. The molecule has 15 unspecified atom stereocenters. The van der Waals surface area contributed by atoms with Crippen molar-refractivity contribution in [1.29, 1.82) is 0 Å². The Kier molecular flexibility index (Phi) is 63.3. The van der Waals surface area contributed by atoms with E-state index in [4.69, 9.17) is 73.5 Å². The van der Waals surface area contributed by atoms with Gasteiger partial charge in [-0.2, -0.15) is 0 Å². The van der Waals surface area contributed by atoms with Gasteiger partial charge in [-0.1, -0.05) is 0 Å². The molecule has 0 spiro atoms. The van der Waals surface area contributed by atoms with E-state index in [0.29, 0.717) is 31.0 Å². The number of nitrogens with two attached hydrogens (primary N) is 1. The van der Waals surface area contributed by atoms with E-state index < -0.39 is 241 Å². The summed E-state index contributed by atoms with van der Waals surface area (Å²) in [6.07, 6.45) is -32.8. The first-order chi connectivity index (χ1) is 54.5. The first-order valence-electron chi connectivity index (χ1n) is 35.0. The summed E-state index contributed by atoms with van der Waals surface area (Å²) in [6.45, 7) is 0.0620. The summed E-state index contributed by atoms with van der Waals surface area (Å²) < 4.78 is 92.5. The molecule has 0 aliphatic carbocycles. The molecule has 0 aromatic carbocycles. The van der Waals surface area contributed by atoms with Gasteiger partial charge in [-0.15, -0.1) is 0 Å². The number of nitrogens with one attached hydrogen (secondary N) is 6. The summed E-state index contributed by atoms with van der Waals surface area (Å²) in [5.74, 6) is -7.52. The number of rotatable bonds is 46. The molecule has 5 amide bonds. The second kappa shape index (κ2) is 63.2. The molecule has 678 valence electrons. The number of aliphatic carboxylic acids is 3. The molecule has 0 saturated carbocycles. The van der Waals surface area contributed by atoms with E-state index >= 15 is 0 Å². The first kappa shape index (κ1) is 120. The number of carboxylic acids is 3. The molecule has 0 radical (unpaired) electrons. The molecule has 4 saturated heterocycles. The number of methoxy groups -OCH3 is 4. The van der Waals surface area contributed by atoms with Crippen molar-refractivity contribution in [2.24, 2.45) is 5.73 Å². The molecule has 4 aliphatic heterocycles. The Morgan fingerprint density at radius 2 is 0.883 bits per heavy atom. The number of aromatic nitrogens is 2. The van der Waals surface area contributed by atoms with Gasteiger partial charge in [0.05, 0.1) is 73.2 Å². The molecule has 24 atom stereocenters. The summed E-state index contributed by atoms with van der Waals surface area (Å²) >= 11 is 0. The summed E-state index contributed by atoms with van der Waals surface area (Å²) in [6, 6.07) is -2.83. The third kappa shape index (κ3) is 45.0. The largest absolute Gasteiger partial charge is 1.00 e. The zero-order valence-corrected chi connectivity index (χ0v) is 74.1. The normalized spacial score (nSPS) is 27.1. The van der Waals surface area contributed by atoms with Crippen LogP contribution in [0.1, 0.15) is 64.0 Å². The fourth-order valence-electron chi connectivity index (χ4n) is 9.94. The van der Waals surface area contributed by atoms with Gasteiger partial charge in [0, 0.05) is 91.8 Å². The molecule has 54 nitrogen and oxygen atoms in total. The standard InChI is InChI=1S/C26H42N4O22P2.C17H30N2O11.C12H21NO7.C6H13NO5.3Na.H2O/c1-46-8-9-47-7-5-17(33)28-12(24(39)40)2-3-15(31)27-10-13-18(34)20(36)22(38)25(50-13)51-54(44,45)52-53(42,43)48-11-14-19(35)21(37)23(49-14)30-6-4-16(32)29-26(30)41;1-28-6-7-29-5-4-12(21)19-9(16(25)26)2-3-11(20)18-8-10-13(22)14(23)15(24)17(27)30-10;1-18-7-8-20-6-5-10(14)13-9(12(17)19-2)3-4-11(15)16;7-1-2-3(8)4(9)5(10)6(11)12-2;;;;/h4,6,12-14,18-23,25,34-38H,2-3,5,7-11H2,1H3,(H,27,31)(H,28,33)(H,39,40)(H,42,43)(H,44,45)(H,29,32,41);9-10,13-15,17,22-24,27H,2-8H2,1H3,(H,18,20)(H,19,21)(H,25,26);9H,3-8H2,1-2H3,(H,13,14)(H,15,16);2-6,8-11H,1,7H2;;;;1H2/q;;;;3*+1;/p-3/t12?,13?,14-,18+,19+,20+,21+,22?,23?,25?;9?,10?,13-,14-,15?,17?;;2?,3-,4-,5?,6?;;;;/m10.0..../s1. The Hall–Kier alpha value is -3.83. The molecule has 120 heavy (non-hydrogen) atoms. The van der Waals surface area contributed by atoms with E-state index in [1.54, 1.807) is 7.11 Å². The number of carboxylic acid groups (broad SMARTS) is 3. The van der Waals surface area contributed by atoms with Crippen molar-refractivity contribution in [3.05, 3.63) is 33.1 Å². The summed E-state index contributed by atoms with van der Waals surface area (Å²) in [4.78, 5) is 154. The van der Waals surface area contributed by atoms with Crippen molar-refractivity contribution in [3.63, 3.8) is 0 Å². The van der Waals surface area contributed by atoms with Gasteiger partial charge >= 0.3 is 118 Å². The number of amides is 5. The molecule has 59 heteroatoms. The van der Waals surface area contributed by atoms with Crippen LogP contribution in [0.2, 0.25) is 0 Å². The Morgan fingerprint density at radius 3 is 1.28 bits per heavy atom. The molecular formula is C61H105N8Na3O46P2. The van der Waals surface area contributed by atoms with E-state index in [1.807, 2.05) is 4.98 Å². The number of nitrogens with zero attached hydrogens (tertiary/aromatic N) is 1. The number of hydrogen-bond donors (Lipinski definition) is 23. The predicted octanol–water partition coefficient (Wildman–Crippen LogP) is -23.1. The number of aromatic amines is 1. The van der Waals surface area contributed by atoms with Crippen LogP contribution in [0.3, 0.4) is 0 Å². The minimum absolute atomic E-state index is 0. The van der Waals surface area contributed by atoms with Crippen molar-refractivity contribution in [2.75, 3.05) is 114 Å². The average molecular weight is 1820 g/mol. The average Bonchev–Trinajstić information content (AvgIpc) is 1.60. The molecule has 25 N–H and O–H groups in total. The van der Waals surface area contributed by atoms with Gasteiger partial charge in [0.25, 0.3) is 21.2 Å². The molecule has 5 heterocycles. The van der Waals surface area contributed by atoms with Gasteiger partial charge in [0.2, 0.25) is 29.5 Å². The van der Waals surface area contributed by atoms with Crippen LogP contribution in [-0.2, 0) is 118 Å². The van der Waals surface area contributed by atoms with Crippen molar-refractivity contribution < 1.29 is 303 Å². The fourth-order valence-corrected chi connectivity index (χ4v) is 12.0. The number of aliphatic hydroxyl groups is 13. The Labute approximate surface area is 748 Å². The van der Waals surface area contributed by atoms with Crippen LogP contribution in [0.15, 0.2) is 21.9 Å². The van der Waals surface area contributed by atoms with Gasteiger partial charge in [-0.3, -0.25) is 56.8 Å². The van der Waals surface area contributed by atoms with Gasteiger partial charge < -0.3 is 186 Å². The summed E-state index contributed by atoms with van der Waals surface area (Å²) in [5, 5.41) is 165. The number of H-pyrrole nitrogens is 1. The third-order valence-electron chi connectivity index (χ3n) is 16.3. The number of aliphatic hydroxyl groups excluding tert-OH is 13. The fraction of sp³-hybridized carbons (Fsp3) is 0.787. The van der Waals surface area contributed by atoms with Crippen LogP contribution in [0.4, 0.5) is 0 Å². The predicted molar refractivity (Wildman–Crippen MR) is 372 cm³/mol.